The number of nitrogens with zero attached hydrogens (tertiary/aromatic N) is 2. The molecule has 0 unspecified atom stereocenters. The van der Waals surface area contributed by atoms with Gasteiger partial charge in [-0.25, -0.2) is 9.97 Å². The van der Waals surface area contributed by atoms with Gasteiger partial charge >= 0.3 is 0 Å². The predicted molar refractivity (Wildman–Crippen MR) is 285 cm³/mol. The first-order chi connectivity index (χ1) is 33.7. The minimum atomic E-state index is -0.458. The van der Waals surface area contributed by atoms with Gasteiger partial charge in [0.1, 0.15) is 0 Å². The highest BCUT2D eigenvalue weighted by Crippen LogP contribution is 2.56. The van der Waals surface area contributed by atoms with E-state index in [4.69, 9.17) is 9.97 Å². The summed E-state index contributed by atoms with van der Waals surface area (Å²) in [5.41, 5.74) is 18.9. The highest BCUT2D eigenvalue weighted by Gasteiger charge is 2.46. The maximum absolute atomic E-state index is 5.35. The van der Waals surface area contributed by atoms with Gasteiger partial charge < -0.3 is 0 Å². The molecule has 13 rings (SSSR count). The molecule has 0 spiro atoms. The molecular weight excluding hydrogens is 841 g/mol. The zero-order valence-corrected chi connectivity index (χ0v) is 37.9. The molecule has 0 amide bonds. The molecule has 2 nitrogen and oxygen atoms in total. The lowest BCUT2D eigenvalue weighted by molar-refractivity contribution is 0.768. The Morgan fingerprint density at radius 3 is 1.49 bits per heavy atom. The van der Waals surface area contributed by atoms with Crippen molar-refractivity contribution in [1.82, 2.24) is 9.97 Å². The highest BCUT2D eigenvalue weighted by atomic mass is 32.1. The van der Waals surface area contributed by atoms with Crippen molar-refractivity contribution in [2.75, 3.05) is 0 Å². The average Bonchev–Trinajstić information content (AvgIpc) is 3.95. The summed E-state index contributed by atoms with van der Waals surface area (Å²) in [5.74, 6) is 0.691. The van der Waals surface area contributed by atoms with Crippen molar-refractivity contribution >= 4 is 31.5 Å². The summed E-state index contributed by atoms with van der Waals surface area (Å²) < 4.78 is 2.62. The maximum Gasteiger partial charge on any atom is 0.160 e. The molecule has 0 fully saturated rings. The number of aromatic nitrogens is 2. The van der Waals surface area contributed by atoms with E-state index in [9.17, 15) is 0 Å². The lowest BCUT2D eigenvalue weighted by atomic mass is 9.67. The Hall–Kier alpha value is -8.50. The number of rotatable bonds is 8. The SMILES string of the molecule is c1ccc(-c2cc(-c3ccc4c(c3)-c3ccccc3C4(c3ccccc3)c3ccccc3)cc(-c3cc(-c4ccc(-c5ccc6sc7ccccc7c6c5)cc4)nc(-c4ccccc4)n3)c2)cc1. The Bertz CT molecular complexity index is 3780. The molecule has 2 aromatic heterocycles. The minimum absolute atomic E-state index is 0.458. The third kappa shape index (κ3) is 6.70. The van der Waals surface area contributed by atoms with E-state index in [2.05, 4.69) is 249 Å². The molecule has 0 atom stereocenters. The van der Waals surface area contributed by atoms with Gasteiger partial charge in [0, 0.05) is 36.9 Å². The molecule has 68 heavy (non-hydrogen) atoms. The van der Waals surface area contributed by atoms with Crippen LogP contribution in [0.15, 0.2) is 255 Å². The van der Waals surface area contributed by atoms with Gasteiger partial charge in [-0.2, -0.15) is 0 Å². The summed E-state index contributed by atoms with van der Waals surface area (Å²) in [6, 6.07) is 92.5. The molecule has 1 aliphatic carbocycles. The van der Waals surface area contributed by atoms with E-state index in [0.29, 0.717) is 5.82 Å². The van der Waals surface area contributed by atoms with Crippen molar-refractivity contribution in [3.63, 3.8) is 0 Å². The fourth-order valence-electron chi connectivity index (χ4n) is 10.6. The van der Waals surface area contributed by atoms with E-state index in [1.807, 2.05) is 17.4 Å². The number of benzene rings is 10. The fourth-order valence-corrected chi connectivity index (χ4v) is 11.7. The van der Waals surface area contributed by atoms with Crippen LogP contribution in [0.2, 0.25) is 0 Å². The Kier molecular flexibility index (Phi) is 9.62. The van der Waals surface area contributed by atoms with Crippen molar-refractivity contribution in [1.29, 1.82) is 0 Å². The van der Waals surface area contributed by atoms with Crippen LogP contribution in [0, 0.1) is 0 Å². The van der Waals surface area contributed by atoms with E-state index in [-0.39, 0.29) is 0 Å². The molecule has 0 radical (unpaired) electrons. The summed E-state index contributed by atoms with van der Waals surface area (Å²) >= 11 is 1.85. The van der Waals surface area contributed by atoms with Gasteiger partial charge in [0.25, 0.3) is 0 Å². The van der Waals surface area contributed by atoms with Gasteiger partial charge in [0.2, 0.25) is 0 Å². The molecule has 0 saturated heterocycles. The molecule has 3 heteroatoms. The third-order valence-corrected chi connectivity index (χ3v) is 14.9. The molecular formula is C65H42N2S. The van der Waals surface area contributed by atoms with E-state index in [1.165, 1.54) is 64.7 Å². The van der Waals surface area contributed by atoms with Crippen molar-refractivity contribution < 1.29 is 0 Å². The second-order valence-corrected chi connectivity index (χ2v) is 18.8. The predicted octanol–water partition coefficient (Wildman–Crippen LogP) is 17.2. The number of fused-ring (bicyclic) bond motifs is 6. The van der Waals surface area contributed by atoms with Crippen LogP contribution in [0.1, 0.15) is 22.3 Å². The van der Waals surface area contributed by atoms with Crippen molar-refractivity contribution in [3.05, 3.63) is 277 Å². The monoisotopic (exact) mass is 882 g/mol. The quantitative estimate of drug-likeness (QED) is 0.152. The van der Waals surface area contributed by atoms with Crippen LogP contribution in [-0.2, 0) is 5.41 Å². The molecule has 1 aliphatic rings. The number of thiophene rings is 1. The summed E-state index contributed by atoms with van der Waals surface area (Å²) in [7, 11) is 0. The number of hydrogen-bond acceptors (Lipinski definition) is 3. The topological polar surface area (TPSA) is 25.8 Å². The smallest absolute Gasteiger partial charge is 0.160 e. The molecule has 318 valence electrons. The molecule has 0 N–H and O–H groups in total. The van der Waals surface area contributed by atoms with Gasteiger partial charge in [0.15, 0.2) is 5.82 Å². The van der Waals surface area contributed by atoms with Gasteiger partial charge in [0.05, 0.1) is 16.8 Å². The van der Waals surface area contributed by atoms with E-state index in [0.717, 1.165) is 50.3 Å². The van der Waals surface area contributed by atoms with Crippen LogP contribution in [0.25, 0.3) is 98.6 Å². The molecule has 2 heterocycles. The first kappa shape index (κ1) is 39.8. The van der Waals surface area contributed by atoms with Crippen LogP contribution in [-0.4, -0.2) is 9.97 Å². The Balaban J connectivity index is 0.957. The van der Waals surface area contributed by atoms with Gasteiger partial charge in [-0.1, -0.05) is 206 Å². The first-order valence-electron chi connectivity index (χ1n) is 23.2. The Morgan fingerprint density at radius 2 is 0.765 bits per heavy atom. The van der Waals surface area contributed by atoms with Crippen LogP contribution in [0.4, 0.5) is 0 Å². The summed E-state index contributed by atoms with van der Waals surface area (Å²) in [6.07, 6.45) is 0. The summed E-state index contributed by atoms with van der Waals surface area (Å²) in [6.45, 7) is 0. The number of hydrogen-bond donors (Lipinski definition) is 0. The van der Waals surface area contributed by atoms with Crippen molar-refractivity contribution in [2.24, 2.45) is 0 Å². The lowest BCUT2D eigenvalue weighted by Crippen LogP contribution is -2.28. The molecule has 0 bridgehead atoms. The third-order valence-electron chi connectivity index (χ3n) is 13.8. The normalized spacial score (nSPS) is 12.5. The molecule has 10 aromatic carbocycles. The largest absolute Gasteiger partial charge is 0.228 e. The molecule has 0 aliphatic heterocycles. The highest BCUT2D eigenvalue weighted by molar-refractivity contribution is 7.25. The van der Waals surface area contributed by atoms with Gasteiger partial charge in [-0.15, -0.1) is 11.3 Å². The van der Waals surface area contributed by atoms with E-state index < -0.39 is 5.41 Å². The van der Waals surface area contributed by atoms with Crippen molar-refractivity contribution in [3.8, 4) is 78.4 Å². The second kappa shape index (κ2) is 16.4. The average molecular weight is 883 g/mol. The molecule has 12 aromatic rings. The maximum atomic E-state index is 5.35. The van der Waals surface area contributed by atoms with Crippen LogP contribution >= 0.6 is 11.3 Å². The van der Waals surface area contributed by atoms with Crippen LogP contribution < -0.4 is 0 Å². The van der Waals surface area contributed by atoms with Crippen LogP contribution in [0.3, 0.4) is 0 Å². The van der Waals surface area contributed by atoms with E-state index in [1.54, 1.807) is 0 Å². The molecule has 0 saturated carbocycles. The lowest BCUT2D eigenvalue weighted by Gasteiger charge is -2.33. The zero-order valence-electron chi connectivity index (χ0n) is 37.1. The van der Waals surface area contributed by atoms with Crippen molar-refractivity contribution in [2.45, 2.75) is 5.41 Å². The fraction of sp³-hybridized carbons (Fsp3) is 0.0154. The standard InChI is InChI=1S/C65H42N2S/c1-5-17-43(18-6-1)49-37-50(48-33-35-59-56(40-48)54-25-13-15-27-58(54)65(59,52-21-9-3-10-22-52)53-23-11-4-12-24-53)39-51(38-49)61-42-60(66-64(67-61)46-19-7-2-8-20-46)45-31-29-44(30-32-45)47-34-36-63-57(41-47)55-26-14-16-28-62(55)68-63/h1-42H. The van der Waals surface area contributed by atoms with Gasteiger partial charge in [-0.3, -0.25) is 0 Å². The Labute approximate surface area is 400 Å². The van der Waals surface area contributed by atoms with Gasteiger partial charge in [-0.05, 0) is 115 Å². The summed E-state index contributed by atoms with van der Waals surface area (Å²) in [4.78, 5) is 10.6. The van der Waals surface area contributed by atoms with Crippen LogP contribution in [0.5, 0.6) is 0 Å². The van der Waals surface area contributed by atoms with E-state index >= 15 is 0 Å². The Morgan fingerprint density at radius 1 is 0.279 bits per heavy atom. The summed E-state index contributed by atoms with van der Waals surface area (Å²) in [5, 5.41) is 2.61. The second-order valence-electron chi connectivity index (χ2n) is 17.7. The zero-order chi connectivity index (χ0) is 45.0. The minimum Gasteiger partial charge on any atom is -0.228 e. The first-order valence-corrected chi connectivity index (χ1v) is 24.0.